The van der Waals surface area contributed by atoms with Gasteiger partial charge in [0.25, 0.3) is 0 Å². The van der Waals surface area contributed by atoms with E-state index < -0.39 is 0 Å². The minimum Gasteiger partial charge on any atom is -0.385 e. The van der Waals surface area contributed by atoms with Gasteiger partial charge in [-0.1, -0.05) is 30.3 Å². The minimum atomic E-state index is 0.897. The van der Waals surface area contributed by atoms with Gasteiger partial charge >= 0.3 is 0 Å². The minimum absolute atomic E-state index is 0.897. The molecule has 3 heteroatoms. The summed E-state index contributed by atoms with van der Waals surface area (Å²) < 4.78 is 1.98. The first-order valence-corrected chi connectivity index (χ1v) is 7.57. The lowest BCUT2D eigenvalue weighted by Crippen LogP contribution is -2.11. The third-order valence-electron chi connectivity index (χ3n) is 4.31. The highest BCUT2D eigenvalue weighted by Gasteiger charge is 2.12. The molecule has 2 heterocycles. The number of aromatic nitrogens is 2. The molecule has 0 saturated heterocycles. The first-order valence-electron chi connectivity index (χ1n) is 7.57. The van der Waals surface area contributed by atoms with Gasteiger partial charge in [0.05, 0.1) is 11.2 Å². The van der Waals surface area contributed by atoms with Crippen LogP contribution in [0.25, 0.3) is 10.9 Å². The summed E-state index contributed by atoms with van der Waals surface area (Å²) in [6.45, 7) is 1.09. The summed E-state index contributed by atoms with van der Waals surface area (Å²) in [5.41, 5.74) is 6.46. The van der Waals surface area contributed by atoms with Crippen LogP contribution in [0.4, 0.5) is 5.69 Å². The van der Waals surface area contributed by atoms with Crippen LogP contribution in [0.1, 0.15) is 23.2 Å². The van der Waals surface area contributed by atoms with Crippen molar-refractivity contribution in [3.8, 4) is 0 Å². The van der Waals surface area contributed by atoms with E-state index in [4.69, 9.17) is 5.10 Å². The molecule has 1 aliphatic rings. The summed E-state index contributed by atoms with van der Waals surface area (Å²) in [7, 11) is 2.02. The fourth-order valence-corrected chi connectivity index (χ4v) is 3.25. The third kappa shape index (κ3) is 2.19. The highest BCUT2D eigenvalue weighted by Crippen LogP contribution is 2.25. The van der Waals surface area contributed by atoms with Gasteiger partial charge in [0.2, 0.25) is 0 Å². The zero-order chi connectivity index (χ0) is 14.2. The van der Waals surface area contributed by atoms with Gasteiger partial charge < -0.3 is 5.32 Å². The monoisotopic (exact) mass is 277 g/mol. The van der Waals surface area contributed by atoms with Gasteiger partial charge in [0.1, 0.15) is 0 Å². The maximum absolute atomic E-state index is 4.70. The molecule has 1 aromatic heterocycles. The van der Waals surface area contributed by atoms with E-state index in [9.17, 15) is 0 Å². The van der Waals surface area contributed by atoms with Crippen molar-refractivity contribution in [3.63, 3.8) is 0 Å². The number of nitrogens with zero attached hydrogens (tertiary/aromatic N) is 2. The smallest absolute Gasteiger partial charge is 0.0746 e. The highest BCUT2D eigenvalue weighted by atomic mass is 15.3. The molecule has 3 aromatic rings. The van der Waals surface area contributed by atoms with Gasteiger partial charge in [-0.15, -0.1) is 0 Å². The maximum Gasteiger partial charge on any atom is 0.0746 e. The predicted molar refractivity (Wildman–Crippen MR) is 86.8 cm³/mol. The van der Waals surface area contributed by atoms with Crippen LogP contribution in [0.15, 0.2) is 42.5 Å². The molecular weight excluding hydrogens is 258 g/mol. The van der Waals surface area contributed by atoms with Gasteiger partial charge in [0.15, 0.2) is 0 Å². The molecule has 3 nitrogen and oxygen atoms in total. The van der Waals surface area contributed by atoms with Crippen LogP contribution in [0.3, 0.4) is 0 Å². The average Bonchev–Trinajstić information content (AvgIpc) is 2.84. The van der Waals surface area contributed by atoms with Crippen LogP contribution >= 0.6 is 0 Å². The number of fused-ring (bicyclic) bond motifs is 2. The lowest BCUT2D eigenvalue weighted by molar-refractivity contribution is 0.773. The second kappa shape index (κ2) is 4.92. The Morgan fingerprint density at radius 3 is 3.05 bits per heavy atom. The summed E-state index contributed by atoms with van der Waals surface area (Å²) in [6.07, 6.45) is 3.30. The van der Waals surface area contributed by atoms with E-state index in [1.165, 1.54) is 40.6 Å². The average molecular weight is 277 g/mol. The van der Waals surface area contributed by atoms with Gasteiger partial charge in [-0.3, -0.25) is 4.68 Å². The van der Waals surface area contributed by atoms with E-state index in [1.807, 2.05) is 11.7 Å². The van der Waals surface area contributed by atoms with Crippen molar-refractivity contribution in [3.05, 3.63) is 59.3 Å². The van der Waals surface area contributed by atoms with Crippen molar-refractivity contribution < 1.29 is 0 Å². The molecule has 2 aromatic carbocycles. The lowest BCUT2D eigenvalue weighted by atomic mass is 9.98. The fraction of sp³-hybridized carbons (Fsp3) is 0.278. The number of anilines is 1. The van der Waals surface area contributed by atoms with E-state index in [0.717, 1.165) is 18.7 Å². The van der Waals surface area contributed by atoms with E-state index in [2.05, 4.69) is 47.8 Å². The van der Waals surface area contributed by atoms with Crippen molar-refractivity contribution in [1.82, 2.24) is 9.78 Å². The molecule has 0 unspecified atom stereocenters. The molecular formula is C18H19N3. The zero-order valence-corrected chi connectivity index (χ0v) is 12.3. The van der Waals surface area contributed by atoms with Crippen LogP contribution in [-0.4, -0.2) is 16.3 Å². The Balaban J connectivity index is 1.71. The van der Waals surface area contributed by atoms with Crippen LogP contribution in [0, 0.1) is 0 Å². The number of nitrogens with one attached hydrogen (secondary N) is 1. The molecule has 0 amide bonds. The number of aryl methyl sites for hydroxylation is 2. The Bertz CT molecular complexity index is 801. The molecule has 4 rings (SSSR count). The third-order valence-corrected chi connectivity index (χ3v) is 4.31. The topological polar surface area (TPSA) is 29.9 Å². The van der Waals surface area contributed by atoms with Crippen molar-refractivity contribution in [2.45, 2.75) is 19.3 Å². The van der Waals surface area contributed by atoms with Crippen LogP contribution in [0.5, 0.6) is 0 Å². The van der Waals surface area contributed by atoms with Crippen molar-refractivity contribution in [1.29, 1.82) is 0 Å². The van der Waals surface area contributed by atoms with E-state index >= 15 is 0 Å². The summed E-state index contributed by atoms with van der Waals surface area (Å²) >= 11 is 0. The second-order valence-electron chi connectivity index (χ2n) is 5.79. The number of para-hydroxylation sites is 1. The zero-order valence-electron chi connectivity index (χ0n) is 12.3. The summed E-state index contributed by atoms with van der Waals surface area (Å²) in [5, 5.41) is 9.43. The molecule has 21 heavy (non-hydrogen) atoms. The Morgan fingerprint density at radius 1 is 1.19 bits per heavy atom. The normalized spacial score (nSPS) is 14.0. The van der Waals surface area contributed by atoms with Crippen LogP contribution in [-0.2, 0) is 19.9 Å². The molecule has 1 aliphatic heterocycles. The predicted octanol–water partition coefficient (Wildman–Crippen LogP) is 3.52. The summed E-state index contributed by atoms with van der Waals surface area (Å²) in [5.74, 6) is 0. The van der Waals surface area contributed by atoms with Gasteiger partial charge in [0, 0.05) is 31.1 Å². The largest absolute Gasteiger partial charge is 0.385 e. The number of benzene rings is 2. The first kappa shape index (κ1) is 12.5. The van der Waals surface area contributed by atoms with Crippen LogP contribution in [0.2, 0.25) is 0 Å². The maximum atomic E-state index is 4.70. The SMILES string of the molecule is Cn1nc(Cc2ccc3c(c2)CCCN3)c2ccccc21. The highest BCUT2D eigenvalue weighted by molar-refractivity contribution is 5.82. The molecule has 0 atom stereocenters. The molecule has 106 valence electrons. The summed E-state index contributed by atoms with van der Waals surface area (Å²) in [4.78, 5) is 0. The number of rotatable bonds is 2. The Hall–Kier alpha value is -2.29. The Labute approximate surface area is 124 Å². The van der Waals surface area contributed by atoms with Gasteiger partial charge in [-0.2, -0.15) is 5.10 Å². The quantitative estimate of drug-likeness (QED) is 0.776. The first-order chi connectivity index (χ1) is 10.3. The summed E-state index contributed by atoms with van der Waals surface area (Å²) in [6, 6.07) is 15.2. The molecule has 0 radical (unpaired) electrons. The van der Waals surface area contributed by atoms with Gasteiger partial charge in [-0.25, -0.2) is 0 Å². The molecule has 0 spiro atoms. The lowest BCUT2D eigenvalue weighted by Gasteiger charge is -2.18. The van der Waals surface area contributed by atoms with Crippen molar-refractivity contribution >= 4 is 16.6 Å². The second-order valence-corrected chi connectivity index (χ2v) is 5.79. The van der Waals surface area contributed by atoms with Crippen LogP contribution < -0.4 is 5.32 Å². The Morgan fingerprint density at radius 2 is 2.10 bits per heavy atom. The van der Waals surface area contributed by atoms with Crippen molar-refractivity contribution in [2.75, 3.05) is 11.9 Å². The number of hydrogen-bond acceptors (Lipinski definition) is 2. The van der Waals surface area contributed by atoms with E-state index in [1.54, 1.807) is 0 Å². The van der Waals surface area contributed by atoms with E-state index in [0.29, 0.717) is 0 Å². The molecule has 0 bridgehead atoms. The van der Waals surface area contributed by atoms with Crippen molar-refractivity contribution in [2.24, 2.45) is 7.05 Å². The standard InChI is InChI=1S/C18H19N3/c1-21-18-7-3-2-6-15(18)17(20-21)12-13-8-9-16-14(11-13)5-4-10-19-16/h2-3,6-9,11,19H,4-5,10,12H2,1H3. The Kier molecular flexibility index (Phi) is 2.92. The molecule has 0 aliphatic carbocycles. The molecule has 0 fully saturated rings. The van der Waals surface area contributed by atoms with Gasteiger partial charge in [-0.05, 0) is 36.1 Å². The van der Waals surface area contributed by atoms with E-state index in [-0.39, 0.29) is 0 Å². The molecule has 1 N–H and O–H groups in total. The molecule has 0 saturated carbocycles. The fourth-order valence-electron chi connectivity index (χ4n) is 3.25. The number of hydrogen-bond donors (Lipinski definition) is 1.